The summed E-state index contributed by atoms with van der Waals surface area (Å²) in [7, 11) is 0. The van der Waals surface area contributed by atoms with Gasteiger partial charge in [0.15, 0.2) is 0 Å². The average Bonchev–Trinajstić information content (AvgIpc) is 2.11. The average molecular weight is 177 g/mol. The van der Waals surface area contributed by atoms with Crippen LogP contribution in [0.5, 0.6) is 0 Å². The largest absolute Gasteiger partial charge is 0.394 e. The maximum Gasteiger partial charge on any atom is 0.120 e. The van der Waals surface area contributed by atoms with E-state index in [0.717, 1.165) is 0 Å². The van der Waals surface area contributed by atoms with Gasteiger partial charge in [-0.1, -0.05) is 18.5 Å². The molecule has 0 aliphatic heterocycles. The van der Waals surface area contributed by atoms with E-state index in [1.165, 1.54) is 0 Å². The summed E-state index contributed by atoms with van der Waals surface area (Å²) >= 11 is 0. The molecule has 0 aliphatic rings. The van der Waals surface area contributed by atoms with Crippen molar-refractivity contribution in [2.75, 3.05) is 6.61 Å². The van der Waals surface area contributed by atoms with Crippen molar-refractivity contribution >= 4 is 0 Å². The van der Waals surface area contributed by atoms with Crippen molar-refractivity contribution in [1.29, 1.82) is 0 Å². The second-order valence-corrected chi connectivity index (χ2v) is 2.70. The van der Waals surface area contributed by atoms with Crippen LogP contribution in [0.1, 0.15) is 19.8 Å². The van der Waals surface area contributed by atoms with Gasteiger partial charge in [0.1, 0.15) is 18.2 Å². The maximum absolute atomic E-state index is 10.2. The van der Waals surface area contributed by atoms with Gasteiger partial charge in [-0.15, -0.1) is 0 Å². The Balaban J connectivity index is 4.00. The molecule has 0 fully saturated rings. The minimum Gasteiger partial charge on any atom is -0.394 e. The van der Waals surface area contributed by atoms with Crippen molar-refractivity contribution in [3.8, 4) is 0 Å². The van der Waals surface area contributed by atoms with Crippen molar-refractivity contribution in [3.63, 3.8) is 0 Å². The first-order valence-corrected chi connectivity index (χ1v) is 3.96. The molecule has 0 amide bonds. The summed E-state index contributed by atoms with van der Waals surface area (Å²) in [4.78, 5) is 10.2. The van der Waals surface area contributed by atoms with Crippen LogP contribution in [0.15, 0.2) is 5.18 Å². The monoisotopic (exact) mass is 177 g/mol. The maximum atomic E-state index is 10.2. The highest BCUT2D eigenvalue weighted by molar-refractivity contribution is 4.80. The zero-order chi connectivity index (χ0) is 9.56. The van der Waals surface area contributed by atoms with Crippen molar-refractivity contribution < 1.29 is 15.3 Å². The van der Waals surface area contributed by atoms with E-state index in [9.17, 15) is 10.0 Å². The zero-order valence-corrected chi connectivity index (χ0v) is 7.05. The van der Waals surface area contributed by atoms with Crippen LogP contribution in [0.3, 0.4) is 0 Å². The van der Waals surface area contributed by atoms with Crippen LogP contribution in [-0.4, -0.2) is 40.2 Å². The van der Waals surface area contributed by atoms with E-state index >= 15 is 0 Å². The lowest BCUT2D eigenvalue weighted by Crippen LogP contribution is -2.38. The van der Waals surface area contributed by atoms with Gasteiger partial charge in [-0.25, -0.2) is 0 Å². The predicted molar refractivity (Wildman–Crippen MR) is 43.6 cm³/mol. The van der Waals surface area contributed by atoms with Crippen LogP contribution in [0.25, 0.3) is 0 Å². The lowest BCUT2D eigenvalue weighted by molar-refractivity contribution is -0.0268. The molecule has 0 heterocycles. The summed E-state index contributed by atoms with van der Waals surface area (Å²) in [5, 5.41) is 29.3. The summed E-state index contributed by atoms with van der Waals surface area (Å²) in [6.07, 6.45) is -1.42. The number of aliphatic hydroxyl groups is 3. The molecule has 3 N–H and O–H groups in total. The van der Waals surface area contributed by atoms with E-state index in [2.05, 4.69) is 5.18 Å². The van der Waals surface area contributed by atoms with Gasteiger partial charge >= 0.3 is 0 Å². The number of hydrogen-bond donors (Lipinski definition) is 3. The topological polar surface area (TPSA) is 90.1 Å². The third-order valence-electron chi connectivity index (χ3n) is 1.70. The Hall–Kier alpha value is -0.520. The van der Waals surface area contributed by atoms with Gasteiger partial charge in [0.25, 0.3) is 0 Å². The smallest absolute Gasteiger partial charge is 0.120 e. The molecule has 0 spiro atoms. The minimum absolute atomic E-state index is 0.418. The van der Waals surface area contributed by atoms with Gasteiger partial charge in [-0.3, -0.25) is 0 Å². The Bertz CT molecular complexity index is 131. The number of aliphatic hydroxyl groups excluding tert-OH is 3. The van der Waals surface area contributed by atoms with Crippen LogP contribution >= 0.6 is 0 Å². The molecule has 5 heteroatoms. The molecule has 0 aromatic heterocycles. The van der Waals surface area contributed by atoms with Crippen molar-refractivity contribution in [2.45, 2.75) is 38.0 Å². The number of nitroso groups, excluding NO2 is 1. The van der Waals surface area contributed by atoms with E-state index < -0.39 is 24.9 Å². The first kappa shape index (κ1) is 11.5. The predicted octanol–water partition coefficient (Wildman–Crippen LogP) is -0.364. The molecule has 0 aromatic carbocycles. The summed E-state index contributed by atoms with van der Waals surface area (Å²) in [5.74, 6) is 0. The van der Waals surface area contributed by atoms with Gasteiger partial charge in [0.2, 0.25) is 0 Å². The van der Waals surface area contributed by atoms with Crippen molar-refractivity contribution in [1.82, 2.24) is 0 Å². The highest BCUT2D eigenvalue weighted by Gasteiger charge is 2.25. The molecule has 0 rings (SSSR count). The third kappa shape index (κ3) is 3.25. The third-order valence-corrected chi connectivity index (χ3v) is 1.70. The van der Waals surface area contributed by atoms with Crippen LogP contribution in [0, 0.1) is 4.91 Å². The Labute approximate surface area is 71.0 Å². The summed E-state index contributed by atoms with van der Waals surface area (Å²) in [5.41, 5.74) is 0. The van der Waals surface area contributed by atoms with Crippen molar-refractivity contribution in [3.05, 3.63) is 4.91 Å². The lowest BCUT2D eigenvalue weighted by Gasteiger charge is -2.19. The van der Waals surface area contributed by atoms with Gasteiger partial charge < -0.3 is 15.3 Å². The summed E-state index contributed by atoms with van der Waals surface area (Å²) in [6.45, 7) is 1.28. The number of rotatable bonds is 6. The van der Waals surface area contributed by atoms with E-state index in [4.69, 9.17) is 10.2 Å². The Morgan fingerprint density at radius 3 is 2.33 bits per heavy atom. The fourth-order valence-corrected chi connectivity index (χ4v) is 0.946. The molecule has 0 saturated carbocycles. The van der Waals surface area contributed by atoms with Crippen LogP contribution in [0.2, 0.25) is 0 Å². The Morgan fingerprint density at radius 1 is 1.42 bits per heavy atom. The zero-order valence-electron chi connectivity index (χ0n) is 7.05. The second kappa shape index (κ2) is 6.05. The van der Waals surface area contributed by atoms with Crippen LogP contribution < -0.4 is 0 Å². The molecular formula is C7H15NO4. The highest BCUT2D eigenvalue weighted by Crippen LogP contribution is 2.09. The van der Waals surface area contributed by atoms with Gasteiger partial charge in [0.05, 0.1) is 6.61 Å². The first-order valence-electron chi connectivity index (χ1n) is 3.96. The normalized spacial score (nSPS) is 18.3. The van der Waals surface area contributed by atoms with E-state index in [-0.39, 0.29) is 0 Å². The molecule has 72 valence electrons. The molecule has 0 saturated heterocycles. The minimum atomic E-state index is -1.28. The Kier molecular flexibility index (Phi) is 5.79. The lowest BCUT2D eigenvalue weighted by atomic mass is 10.0. The molecular weight excluding hydrogens is 162 g/mol. The fraction of sp³-hybridized carbons (Fsp3) is 1.00. The first-order chi connectivity index (χ1) is 5.67. The van der Waals surface area contributed by atoms with Gasteiger partial charge in [-0.2, -0.15) is 4.91 Å². The molecule has 3 atom stereocenters. The number of hydrogen-bond acceptors (Lipinski definition) is 5. The van der Waals surface area contributed by atoms with Gasteiger partial charge in [0, 0.05) is 0 Å². The van der Waals surface area contributed by atoms with Gasteiger partial charge in [-0.05, 0) is 6.42 Å². The molecule has 0 radical (unpaired) electrons. The quantitative estimate of drug-likeness (QED) is 0.483. The molecule has 0 aliphatic carbocycles. The van der Waals surface area contributed by atoms with Crippen LogP contribution in [0.4, 0.5) is 0 Å². The molecule has 0 aromatic rings. The van der Waals surface area contributed by atoms with E-state index in [0.29, 0.717) is 12.8 Å². The fourth-order valence-electron chi connectivity index (χ4n) is 0.946. The molecule has 5 nitrogen and oxygen atoms in total. The second-order valence-electron chi connectivity index (χ2n) is 2.70. The number of nitrogens with zero attached hydrogens (tertiary/aromatic N) is 1. The molecule has 3 unspecified atom stereocenters. The van der Waals surface area contributed by atoms with Crippen molar-refractivity contribution in [2.24, 2.45) is 5.18 Å². The Morgan fingerprint density at radius 2 is 2.00 bits per heavy atom. The van der Waals surface area contributed by atoms with Crippen LogP contribution in [-0.2, 0) is 0 Å². The van der Waals surface area contributed by atoms with E-state index in [1.807, 2.05) is 6.92 Å². The SMILES string of the molecule is CCCC(N=O)C(O)C(O)CO. The summed E-state index contributed by atoms with van der Waals surface area (Å²) in [6, 6.07) is -0.822. The standard InChI is InChI=1S/C7H15NO4/c1-2-3-5(8-12)7(11)6(10)4-9/h5-7,9-11H,2-4H2,1H3. The summed E-state index contributed by atoms with van der Waals surface area (Å²) < 4.78 is 0. The molecule has 12 heavy (non-hydrogen) atoms. The van der Waals surface area contributed by atoms with E-state index in [1.54, 1.807) is 0 Å². The highest BCUT2D eigenvalue weighted by atomic mass is 16.4. The molecule has 0 bridgehead atoms.